The number of aryl methyl sites for hydroxylation is 1. The van der Waals surface area contributed by atoms with Crippen molar-refractivity contribution in [3.05, 3.63) is 48.0 Å². The van der Waals surface area contributed by atoms with Crippen LogP contribution in [0.2, 0.25) is 0 Å². The zero-order valence-corrected chi connectivity index (χ0v) is 18.5. The number of nitrogens with zero attached hydrogens (tertiary/aromatic N) is 2. The van der Waals surface area contributed by atoms with Gasteiger partial charge in [-0.25, -0.2) is 0 Å². The molecule has 31 heavy (non-hydrogen) atoms. The molecule has 0 radical (unpaired) electrons. The van der Waals surface area contributed by atoms with Crippen LogP contribution in [0, 0.1) is 0 Å². The van der Waals surface area contributed by atoms with Gasteiger partial charge in [0.2, 0.25) is 0 Å². The molecule has 0 amide bonds. The number of benzene rings is 2. The number of rotatable bonds is 9. The monoisotopic (exact) mass is 420 g/mol. The second-order valence-corrected chi connectivity index (χ2v) is 7.97. The molecule has 6 nitrogen and oxygen atoms in total. The van der Waals surface area contributed by atoms with Gasteiger partial charge in [0.05, 0.1) is 0 Å². The van der Waals surface area contributed by atoms with Crippen LogP contribution in [0.25, 0.3) is 22.0 Å². The van der Waals surface area contributed by atoms with Crippen molar-refractivity contribution in [3.8, 4) is 17.0 Å². The Morgan fingerprint density at radius 1 is 1.10 bits per heavy atom. The fraction of sp³-hybridized carbons (Fsp3) is 0.440. The van der Waals surface area contributed by atoms with Crippen molar-refractivity contribution in [1.82, 2.24) is 15.5 Å². The highest BCUT2D eigenvalue weighted by molar-refractivity contribution is 6.01. The first-order valence-corrected chi connectivity index (χ1v) is 11.4. The third-order valence-electron chi connectivity index (χ3n) is 5.67. The van der Waals surface area contributed by atoms with E-state index in [1.165, 1.54) is 12.0 Å². The lowest BCUT2D eigenvalue weighted by atomic mass is 10.0. The molecular weight excluding hydrogens is 388 g/mol. The molecule has 0 bridgehead atoms. The van der Waals surface area contributed by atoms with Gasteiger partial charge in [-0.3, -0.25) is 0 Å². The van der Waals surface area contributed by atoms with Crippen LogP contribution >= 0.6 is 0 Å². The van der Waals surface area contributed by atoms with Crippen LogP contribution in [0.4, 0.5) is 5.82 Å². The highest BCUT2D eigenvalue weighted by Gasteiger charge is 2.18. The summed E-state index contributed by atoms with van der Waals surface area (Å²) in [7, 11) is 0. The van der Waals surface area contributed by atoms with E-state index in [-0.39, 0.29) is 6.79 Å². The van der Waals surface area contributed by atoms with Gasteiger partial charge in [0.15, 0.2) is 12.6 Å². The van der Waals surface area contributed by atoms with Crippen LogP contribution in [0.15, 0.2) is 42.5 Å². The summed E-state index contributed by atoms with van der Waals surface area (Å²) in [6, 6.07) is 15.0. The molecule has 1 fully saturated rings. The summed E-state index contributed by atoms with van der Waals surface area (Å²) < 4.78 is 11.5. The highest BCUT2D eigenvalue weighted by Crippen LogP contribution is 2.36. The molecule has 1 aliphatic rings. The average Bonchev–Trinajstić information content (AvgIpc) is 2.81. The lowest BCUT2D eigenvalue weighted by molar-refractivity contribution is 0.0227. The SMILES string of the molecule is CCCc1ccc(-c2nnc(N[C@@H]3CCCNC3)c3ccccc23)c(OCOCC)c1. The number of piperidine rings is 1. The van der Waals surface area contributed by atoms with E-state index in [2.05, 4.69) is 64.2 Å². The number of hydrogen-bond acceptors (Lipinski definition) is 6. The number of anilines is 1. The maximum Gasteiger partial charge on any atom is 0.189 e. The van der Waals surface area contributed by atoms with E-state index < -0.39 is 0 Å². The van der Waals surface area contributed by atoms with Crippen molar-refractivity contribution < 1.29 is 9.47 Å². The Labute approximate surface area is 184 Å². The molecule has 4 rings (SSSR count). The molecule has 3 aromatic rings. The summed E-state index contributed by atoms with van der Waals surface area (Å²) in [5, 5.41) is 18.4. The first-order valence-electron chi connectivity index (χ1n) is 11.4. The van der Waals surface area contributed by atoms with Gasteiger partial charge >= 0.3 is 0 Å². The lowest BCUT2D eigenvalue weighted by Gasteiger charge is -2.25. The van der Waals surface area contributed by atoms with E-state index in [1.54, 1.807) is 0 Å². The van der Waals surface area contributed by atoms with Crippen LogP contribution in [-0.4, -0.2) is 42.7 Å². The van der Waals surface area contributed by atoms with Crippen molar-refractivity contribution in [2.45, 2.75) is 45.6 Å². The van der Waals surface area contributed by atoms with Crippen molar-refractivity contribution in [1.29, 1.82) is 0 Å². The van der Waals surface area contributed by atoms with Gasteiger partial charge in [-0.2, -0.15) is 0 Å². The molecule has 2 aromatic carbocycles. The summed E-state index contributed by atoms with van der Waals surface area (Å²) in [4.78, 5) is 0. The van der Waals surface area contributed by atoms with Gasteiger partial charge in [-0.15, -0.1) is 10.2 Å². The number of nitrogens with one attached hydrogen (secondary N) is 2. The van der Waals surface area contributed by atoms with Gasteiger partial charge in [0.1, 0.15) is 11.4 Å². The third-order valence-corrected chi connectivity index (χ3v) is 5.67. The first kappa shape index (κ1) is 21.5. The topological polar surface area (TPSA) is 68.3 Å². The van der Waals surface area contributed by atoms with E-state index in [9.17, 15) is 0 Å². The largest absolute Gasteiger partial charge is 0.467 e. The second-order valence-electron chi connectivity index (χ2n) is 7.97. The number of aromatic nitrogens is 2. The minimum Gasteiger partial charge on any atom is -0.467 e. The van der Waals surface area contributed by atoms with E-state index >= 15 is 0 Å². The van der Waals surface area contributed by atoms with Crippen LogP contribution < -0.4 is 15.4 Å². The molecule has 2 heterocycles. The molecule has 164 valence electrons. The molecule has 1 aromatic heterocycles. The van der Waals surface area contributed by atoms with Gasteiger partial charge in [0.25, 0.3) is 0 Å². The fourth-order valence-corrected chi connectivity index (χ4v) is 4.09. The van der Waals surface area contributed by atoms with Gasteiger partial charge in [-0.1, -0.05) is 43.7 Å². The predicted molar refractivity (Wildman–Crippen MR) is 126 cm³/mol. The molecule has 6 heteroatoms. The molecule has 1 saturated heterocycles. The Hall–Kier alpha value is -2.70. The van der Waals surface area contributed by atoms with Gasteiger partial charge < -0.3 is 20.1 Å². The molecule has 0 saturated carbocycles. The molecule has 0 unspecified atom stereocenters. The second kappa shape index (κ2) is 10.6. The quantitative estimate of drug-likeness (QED) is 0.383. The summed E-state index contributed by atoms with van der Waals surface area (Å²) in [6.07, 6.45) is 4.41. The Morgan fingerprint density at radius 2 is 1.97 bits per heavy atom. The zero-order valence-electron chi connectivity index (χ0n) is 18.5. The summed E-state index contributed by atoms with van der Waals surface area (Å²) in [6.45, 7) is 7.02. The molecular formula is C25H32N4O2. The molecule has 1 aliphatic heterocycles. The van der Waals surface area contributed by atoms with Crippen molar-refractivity contribution >= 4 is 16.6 Å². The zero-order chi connectivity index (χ0) is 21.5. The van der Waals surface area contributed by atoms with E-state index in [0.29, 0.717) is 12.6 Å². The molecule has 0 spiro atoms. The maximum absolute atomic E-state index is 6.01. The smallest absolute Gasteiger partial charge is 0.189 e. The van der Waals surface area contributed by atoms with E-state index in [0.717, 1.165) is 65.9 Å². The summed E-state index contributed by atoms with van der Waals surface area (Å²) in [5.41, 5.74) is 3.02. The minimum absolute atomic E-state index is 0.221. The molecule has 2 N–H and O–H groups in total. The average molecular weight is 421 g/mol. The Morgan fingerprint density at radius 3 is 2.74 bits per heavy atom. The Bertz CT molecular complexity index is 1000. The number of hydrogen-bond donors (Lipinski definition) is 2. The maximum atomic E-state index is 6.01. The summed E-state index contributed by atoms with van der Waals surface area (Å²) in [5.74, 6) is 1.63. The standard InChI is InChI=1S/C25H32N4O2/c1-3-8-18-12-13-22(23(15-18)31-17-30-4-2)24-20-10-5-6-11-21(20)25(29-28-24)27-19-9-7-14-26-16-19/h5-6,10-13,15,19,26H,3-4,7-9,14,16-17H2,1-2H3,(H,27,29)/t19-/m1/s1. The van der Waals surface area contributed by atoms with Crippen LogP contribution in [-0.2, 0) is 11.2 Å². The fourth-order valence-electron chi connectivity index (χ4n) is 4.09. The van der Waals surface area contributed by atoms with Crippen molar-refractivity contribution in [2.24, 2.45) is 0 Å². The van der Waals surface area contributed by atoms with E-state index in [4.69, 9.17) is 9.47 Å². The van der Waals surface area contributed by atoms with E-state index in [1.807, 2.05) is 13.0 Å². The third kappa shape index (κ3) is 5.14. The minimum atomic E-state index is 0.221. The first-order chi connectivity index (χ1) is 15.3. The lowest BCUT2D eigenvalue weighted by Crippen LogP contribution is -2.38. The Balaban J connectivity index is 1.72. The number of fused-ring (bicyclic) bond motifs is 1. The van der Waals surface area contributed by atoms with Crippen molar-refractivity contribution in [3.63, 3.8) is 0 Å². The van der Waals surface area contributed by atoms with Crippen molar-refractivity contribution in [2.75, 3.05) is 31.8 Å². The molecule has 1 atom stereocenters. The molecule has 0 aliphatic carbocycles. The van der Waals surface area contributed by atoms with Crippen LogP contribution in [0.1, 0.15) is 38.7 Å². The predicted octanol–water partition coefficient (Wildman–Crippen LogP) is 4.79. The van der Waals surface area contributed by atoms with Crippen LogP contribution in [0.5, 0.6) is 5.75 Å². The Kier molecular flexibility index (Phi) is 7.33. The van der Waals surface area contributed by atoms with Gasteiger partial charge in [0, 0.05) is 35.5 Å². The van der Waals surface area contributed by atoms with Crippen LogP contribution in [0.3, 0.4) is 0 Å². The highest BCUT2D eigenvalue weighted by atomic mass is 16.7. The van der Waals surface area contributed by atoms with Gasteiger partial charge in [-0.05, 0) is 50.4 Å². The normalized spacial score (nSPS) is 16.4. The summed E-state index contributed by atoms with van der Waals surface area (Å²) >= 11 is 0. The number of ether oxygens (including phenoxy) is 2.